The highest BCUT2D eigenvalue weighted by atomic mass is 33.1. The van der Waals surface area contributed by atoms with E-state index in [2.05, 4.69) is 5.32 Å². The first kappa shape index (κ1) is 51.4. The minimum Gasteiger partial charge on any atom is -0.455 e. The monoisotopic (exact) mass is 997 g/mol. The zero-order valence-corrected chi connectivity index (χ0v) is 42.1. The maximum Gasteiger partial charge on any atom is 0.350 e. The van der Waals surface area contributed by atoms with Gasteiger partial charge < -0.3 is 39.2 Å². The summed E-state index contributed by atoms with van der Waals surface area (Å²) in [5.74, 6) is -5.64. The Hall–Kier alpha value is -5.00. The van der Waals surface area contributed by atoms with Crippen molar-refractivity contribution in [2.24, 2.45) is 22.7 Å². The van der Waals surface area contributed by atoms with Crippen LogP contribution in [-0.2, 0) is 42.9 Å². The number of carbonyl (C=O) groups excluding carboxylic acids is 6. The van der Waals surface area contributed by atoms with Gasteiger partial charge in [-0.3, -0.25) is 19.2 Å². The molecule has 16 heteroatoms. The van der Waals surface area contributed by atoms with E-state index in [1.165, 1.54) is 19.1 Å². The van der Waals surface area contributed by atoms with Crippen molar-refractivity contribution < 1.29 is 62.7 Å². The first-order chi connectivity index (χ1) is 33.3. The lowest BCUT2D eigenvalue weighted by molar-refractivity contribution is -0.345. The van der Waals surface area contributed by atoms with E-state index >= 15 is 9.59 Å². The molecular weight excluding hydrogens is 935 g/mol. The van der Waals surface area contributed by atoms with Crippen LogP contribution in [0.1, 0.15) is 119 Å². The van der Waals surface area contributed by atoms with E-state index in [9.17, 15) is 29.4 Å². The first-order valence-corrected chi connectivity index (χ1v) is 26.5. The number of aliphatic hydroxyl groups excluding tert-OH is 1. The number of Topliss-reactive ketones (excluding diaryl/α,β-unsaturated/α-hetero) is 1. The first-order valence-electron chi connectivity index (χ1n) is 24.2. The van der Waals surface area contributed by atoms with E-state index < -0.39 is 112 Å². The number of rotatable bonds is 15. The van der Waals surface area contributed by atoms with Gasteiger partial charge in [-0.2, -0.15) is 0 Å². The van der Waals surface area contributed by atoms with E-state index in [4.69, 9.17) is 23.7 Å². The van der Waals surface area contributed by atoms with Gasteiger partial charge in [0, 0.05) is 54.1 Å². The Morgan fingerprint density at radius 2 is 1.54 bits per heavy atom. The molecule has 2 saturated heterocycles. The highest BCUT2D eigenvalue weighted by Crippen LogP contribution is 2.65. The van der Waals surface area contributed by atoms with E-state index in [1.807, 2.05) is 21.6 Å². The molecule has 12 atom stereocenters. The molecular formula is C54H63NO13S2. The fourth-order valence-electron chi connectivity index (χ4n) is 11.9. The number of ether oxygens (including phenoxy) is 5. The third-order valence-electron chi connectivity index (χ3n) is 15.6. The molecule has 3 aromatic rings. The zero-order chi connectivity index (χ0) is 50.2. The van der Waals surface area contributed by atoms with Gasteiger partial charge in [0.25, 0.3) is 5.91 Å². The summed E-state index contributed by atoms with van der Waals surface area (Å²) in [5, 5.41) is 29.5. The van der Waals surface area contributed by atoms with Gasteiger partial charge in [-0.1, -0.05) is 116 Å². The molecule has 1 unspecified atom stereocenters. The Morgan fingerprint density at radius 3 is 2.14 bits per heavy atom. The second-order valence-corrected chi connectivity index (χ2v) is 22.9. The number of esters is 4. The number of hydrogen-bond donors (Lipinski definition) is 3. The topological polar surface area (TPSA) is 201 Å². The summed E-state index contributed by atoms with van der Waals surface area (Å²) in [6, 6.07) is 23.9. The molecule has 2 saturated carbocycles. The number of carbonyl (C=O) groups is 6. The molecule has 70 heavy (non-hydrogen) atoms. The zero-order valence-electron chi connectivity index (χ0n) is 40.4. The Morgan fingerprint density at radius 1 is 0.900 bits per heavy atom. The van der Waals surface area contributed by atoms with Crippen molar-refractivity contribution in [2.75, 3.05) is 12.4 Å². The van der Waals surface area contributed by atoms with Gasteiger partial charge in [-0.15, -0.1) is 0 Å². The largest absolute Gasteiger partial charge is 0.455 e. The number of ketones is 1. The van der Waals surface area contributed by atoms with Gasteiger partial charge >= 0.3 is 23.9 Å². The molecule has 3 aromatic carbocycles. The van der Waals surface area contributed by atoms with Crippen LogP contribution >= 0.6 is 21.6 Å². The van der Waals surface area contributed by atoms with E-state index in [0.29, 0.717) is 33.9 Å². The van der Waals surface area contributed by atoms with Crippen LogP contribution in [0.15, 0.2) is 102 Å². The highest BCUT2D eigenvalue weighted by Gasteiger charge is 2.77. The maximum absolute atomic E-state index is 15.5. The van der Waals surface area contributed by atoms with Crippen LogP contribution in [0.3, 0.4) is 0 Å². The number of hydrogen-bond acceptors (Lipinski definition) is 15. The van der Waals surface area contributed by atoms with E-state index in [1.54, 1.807) is 113 Å². The van der Waals surface area contributed by atoms with Crippen molar-refractivity contribution in [3.05, 3.63) is 119 Å². The molecule has 1 amide bonds. The molecule has 0 spiro atoms. The van der Waals surface area contributed by atoms with Crippen molar-refractivity contribution in [2.45, 2.75) is 140 Å². The van der Waals surface area contributed by atoms with E-state index in [-0.39, 0.29) is 25.0 Å². The van der Waals surface area contributed by atoms with Gasteiger partial charge in [0.15, 0.2) is 5.60 Å². The Balaban J connectivity index is 1.22. The minimum absolute atomic E-state index is 0.00220. The third kappa shape index (κ3) is 9.46. The Labute approximate surface area is 416 Å². The lowest BCUT2D eigenvalue weighted by Gasteiger charge is -2.67. The lowest BCUT2D eigenvalue weighted by Crippen LogP contribution is -2.81. The number of aliphatic hydroxyl groups is 2. The molecule has 2 heterocycles. The van der Waals surface area contributed by atoms with Gasteiger partial charge in [-0.25, -0.2) is 9.59 Å². The molecule has 0 aromatic heterocycles. The maximum atomic E-state index is 15.5. The van der Waals surface area contributed by atoms with Gasteiger partial charge in [0.2, 0.25) is 6.10 Å². The van der Waals surface area contributed by atoms with Crippen molar-refractivity contribution >= 4 is 57.2 Å². The van der Waals surface area contributed by atoms with Crippen molar-refractivity contribution in [3.8, 4) is 0 Å². The van der Waals surface area contributed by atoms with Crippen LogP contribution in [0.2, 0.25) is 0 Å². The number of benzene rings is 3. The van der Waals surface area contributed by atoms with Crippen molar-refractivity contribution in [3.63, 3.8) is 0 Å². The summed E-state index contributed by atoms with van der Waals surface area (Å²) >= 11 is 0. The number of amides is 1. The van der Waals surface area contributed by atoms with Crippen LogP contribution in [0.4, 0.5) is 0 Å². The van der Waals surface area contributed by atoms with Crippen molar-refractivity contribution in [1.29, 1.82) is 0 Å². The summed E-state index contributed by atoms with van der Waals surface area (Å²) in [7, 11) is 3.70. The summed E-state index contributed by atoms with van der Waals surface area (Å²) in [6.07, 6.45) is -4.32. The Kier molecular flexibility index (Phi) is 15.1. The molecule has 3 N–H and O–H groups in total. The molecule has 5 aliphatic rings. The summed E-state index contributed by atoms with van der Waals surface area (Å²) in [5.41, 5.74) is -5.42. The summed E-state index contributed by atoms with van der Waals surface area (Å²) in [6.45, 7) is 9.38. The van der Waals surface area contributed by atoms with Crippen LogP contribution < -0.4 is 5.32 Å². The molecule has 2 aliphatic heterocycles. The number of fused-ring (bicyclic) bond motifs is 5. The van der Waals surface area contributed by atoms with Crippen LogP contribution in [0, 0.1) is 22.7 Å². The van der Waals surface area contributed by atoms with Crippen LogP contribution in [-0.4, -0.2) is 105 Å². The molecule has 4 fully saturated rings. The molecule has 374 valence electrons. The molecule has 3 aliphatic carbocycles. The van der Waals surface area contributed by atoms with Gasteiger partial charge in [0.05, 0.1) is 29.6 Å². The lowest BCUT2D eigenvalue weighted by atomic mass is 9.43. The average molecular weight is 998 g/mol. The van der Waals surface area contributed by atoms with Crippen LogP contribution in [0.25, 0.3) is 0 Å². The summed E-state index contributed by atoms with van der Waals surface area (Å²) < 4.78 is 31.3. The molecule has 2 bridgehead atoms. The van der Waals surface area contributed by atoms with E-state index in [0.717, 1.165) is 25.0 Å². The number of unbranched alkanes of at least 4 members (excludes halogenated alkanes) is 1. The molecule has 14 nitrogen and oxygen atoms in total. The third-order valence-corrected chi connectivity index (χ3v) is 18.6. The fourth-order valence-corrected chi connectivity index (χ4v) is 15.0. The smallest absolute Gasteiger partial charge is 0.350 e. The number of nitrogens with one attached hydrogen (secondary N) is 1. The van der Waals surface area contributed by atoms with Crippen molar-refractivity contribution in [1.82, 2.24) is 5.32 Å². The molecule has 8 rings (SSSR count). The second kappa shape index (κ2) is 20.6. The standard InChI is InChI=1S/C54H63NO13S2/c1-31-38(65-50(62)44(66-41(58)25-17-16-24-37-26-27-69-70-37)43(34-18-10-7-11-19-34)55-48(60)35-20-12-8-13-21-35)29-54(63)47(67-49(61)36-22-14-9-15-23-36)45-52(6,46(59)32(2)42(31)51(54,4)5)39(57)28-40-53(45,30-64-40)68-33(3)56/h7-15,18-23,32,37-40,43-45,47,57,63H,16-17,24-30H2,1-6H3,(H,55,60)/t32-,37?,38+,39+,40-,43+,44-,45+,47+,52-,53+,54-/m1/s1. The quantitative estimate of drug-likeness (QED) is 0.0439. The van der Waals surface area contributed by atoms with Gasteiger partial charge in [0.1, 0.15) is 35.7 Å². The SMILES string of the molecule is CC(=O)O[C@@]12CO[C@@H]1C[C@H](O)[C@@]1(C)C(=O)[C@H](C)C3=C(C)[C@@H](OC(=O)[C@H](OC(=O)CCCCC4CCSS4)[C@@H](NC(=O)c4ccccc4)c4ccccc4)C[C@@](O)([C@@H](OC(=O)c4ccccc4)[C@H]21)C3(C)C. The summed E-state index contributed by atoms with van der Waals surface area (Å²) in [4.78, 5) is 86.2. The predicted molar refractivity (Wildman–Crippen MR) is 262 cm³/mol. The van der Waals surface area contributed by atoms with Gasteiger partial charge in [-0.05, 0) is 74.1 Å². The van der Waals surface area contributed by atoms with Crippen LogP contribution in [0.5, 0.6) is 0 Å². The predicted octanol–water partition coefficient (Wildman–Crippen LogP) is 7.71. The highest BCUT2D eigenvalue weighted by molar-refractivity contribution is 8.77. The average Bonchev–Trinajstić information content (AvgIpc) is 3.87. The fraction of sp³-hybridized carbons (Fsp3) is 0.519. The molecule has 0 radical (unpaired) electrons. The Bertz CT molecular complexity index is 2480. The normalized spacial score (nSPS) is 31.8. The minimum atomic E-state index is -2.23. The second-order valence-electron chi connectivity index (χ2n) is 20.1.